The van der Waals surface area contributed by atoms with Gasteiger partial charge in [-0.15, -0.1) is 5.53 Å². The highest BCUT2D eigenvalue weighted by atomic mass is 16.1. The molecule has 0 bridgehead atoms. The van der Waals surface area contributed by atoms with Crippen LogP contribution in [0.3, 0.4) is 0 Å². The van der Waals surface area contributed by atoms with E-state index in [2.05, 4.69) is 0 Å². The summed E-state index contributed by atoms with van der Waals surface area (Å²) in [6, 6.07) is 9.10. The zero-order valence-corrected chi connectivity index (χ0v) is 5.77. The van der Waals surface area contributed by atoms with Gasteiger partial charge in [0.15, 0.2) is 0 Å². The highest BCUT2D eigenvalue weighted by molar-refractivity contribution is 5.74. The van der Waals surface area contributed by atoms with Gasteiger partial charge in [-0.1, -0.05) is 30.3 Å². The molecule has 0 aliphatic heterocycles. The summed E-state index contributed by atoms with van der Waals surface area (Å²) in [5, 5.41) is 0. The molecule has 0 amide bonds. The lowest BCUT2D eigenvalue weighted by Gasteiger charge is -1.81. The Morgan fingerprint density at radius 1 is 1.36 bits per heavy atom. The molecule has 0 atom stereocenters. The zero-order valence-electron chi connectivity index (χ0n) is 5.77. The van der Waals surface area contributed by atoms with Gasteiger partial charge in [0.1, 0.15) is 6.29 Å². The van der Waals surface area contributed by atoms with Gasteiger partial charge in [0.25, 0.3) is 0 Å². The van der Waals surface area contributed by atoms with Gasteiger partial charge in [-0.05, 0) is 10.4 Å². The van der Waals surface area contributed by atoms with Crippen molar-refractivity contribution in [2.45, 2.75) is 0 Å². The van der Waals surface area contributed by atoms with E-state index in [9.17, 15) is 4.79 Å². The average molecular weight is 149 g/mol. The van der Waals surface area contributed by atoms with Gasteiger partial charge in [0.2, 0.25) is 0 Å². The Labute approximate surface area is 63.9 Å². The minimum atomic E-state index is 0.729. The fourth-order valence-electron chi connectivity index (χ4n) is 0.532. The van der Waals surface area contributed by atoms with E-state index < -0.39 is 0 Å². The predicted octanol–water partition coefficient (Wildman–Crippen LogP) is 2.37. The highest BCUT2D eigenvalue weighted by Crippen LogP contribution is 1.91. The number of aldehydes is 1. The second kappa shape index (κ2) is 6.32. The third-order valence-electron chi connectivity index (χ3n) is 0.936. The zero-order chi connectivity index (χ0) is 8.53. The second-order valence-electron chi connectivity index (χ2n) is 1.63. The maximum Gasteiger partial charge on any atom is 0.150 e. The van der Waals surface area contributed by atoms with Gasteiger partial charge in [-0.2, -0.15) is 0 Å². The molecule has 0 spiro atoms. The molecule has 0 aromatic heterocycles. The number of hydrogen-bond acceptors (Lipinski definition) is 2. The SMILES string of the molecule is O=Cc1ccccc1.[N-]=[N+]=N. The van der Waals surface area contributed by atoms with Gasteiger partial charge < -0.3 is 0 Å². The molecule has 0 saturated carbocycles. The number of rotatable bonds is 1. The molecule has 0 radical (unpaired) electrons. The molecular weight excluding hydrogens is 142 g/mol. The highest BCUT2D eigenvalue weighted by Gasteiger charge is 1.79. The number of carbonyl (C=O) groups is 1. The number of hydrogen-bond donors (Lipinski definition) is 1. The molecule has 0 heterocycles. The summed E-state index contributed by atoms with van der Waals surface area (Å²) in [6.45, 7) is 0. The van der Waals surface area contributed by atoms with Crippen LogP contribution >= 0.6 is 0 Å². The fraction of sp³-hybridized carbons (Fsp3) is 0. The lowest BCUT2D eigenvalue weighted by molar-refractivity contribution is 0.112. The van der Waals surface area contributed by atoms with E-state index in [4.69, 9.17) is 11.1 Å². The van der Waals surface area contributed by atoms with E-state index in [0.717, 1.165) is 11.8 Å². The van der Waals surface area contributed by atoms with Gasteiger partial charge in [-0.25, -0.2) is 0 Å². The monoisotopic (exact) mass is 149 g/mol. The lowest BCUT2D eigenvalue weighted by Crippen LogP contribution is -1.73. The van der Waals surface area contributed by atoms with E-state index in [0.29, 0.717) is 0 Å². The first-order valence-corrected chi connectivity index (χ1v) is 2.86. The van der Waals surface area contributed by atoms with Crippen LogP contribution < -0.4 is 0 Å². The first kappa shape index (κ1) is 9.20. The molecule has 4 heteroatoms. The van der Waals surface area contributed by atoms with Gasteiger partial charge in [0.05, 0.1) is 0 Å². The van der Waals surface area contributed by atoms with Crippen molar-refractivity contribution in [1.82, 2.24) is 0 Å². The summed E-state index contributed by atoms with van der Waals surface area (Å²) in [4.78, 5) is 11.8. The summed E-state index contributed by atoms with van der Waals surface area (Å²) in [6.07, 6.45) is 0.833. The lowest BCUT2D eigenvalue weighted by atomic mass is 10.2. The maximum atomic E-state index is 10.0. The minimum absolute atomic E-state index is 0.729. The Bertz CT molecular complexity index is 239. The molecule has 1 rings (SSSR count). The predicted molar refractivity (Wildman–Crippen MR) is 41.3 cm³/mol. The number of carbonyl (C=O) groups excluding carboxylic acids is 1. The molecule has 1 aromatic carbocycles. The number of benzene rings is 1. The summed E-state index contributed by atoms with van der Waals surface area (Å²) < 4.78 is 0. The quantitative estimate of drug-likeness (QED) is 0.283. The van der Waals surface area contributed by atoms with Crippen LogP contribution in [-0.4, -0.2) is 6.29 Å². The molecule has 0 aliphatic carbocycles. The van der Waals surface area contributed by atoms with Crippen molar-refractivity contribution in [2.24, 2.45) is 0 Å². The van der Waals surface area contributed by atoms with E-state index in [1.165, 1.54) is 0 Å². The van der Waals surface area contributed by atoms with E-state index >= 15 is 0 Å². The summed E-state index contributed by atoms with van der Waals surface area (Å²) >= 11 is 0. The maximum absolute atomic E-state index is 10.0. The van der Waals surface area contributed by atoms with Crippen molar-refractivity contribution in [3.63, 3.8) is 0 Å². The second-order valence-corrected chi connectivity index (χ2v) is 1.63. The molecule has 1 N–H and O–H groups in total. The Morgan fingerprint density at radius 3 is 2.09 bits per heavy atom. The van der Waals surface area contributed by atoms with Crippen LogP contribution in [0.25, 0.3) is 10.4 Å². The average Bonchev–Trinajstić information content (AvgIpc) is 2.08. The van der Waals surface area contributed by atoms with Crippen molar-refractivity contribution < 1.29 is 4.79 Å². The van der Waals surface area contributed by atoms with Gasteiger partial charge >= 0.3 is 0 Å². The smallest absolute Gasteiger partial charge is 0.150 e. The molecule has 0 unspecified atom stereocenters. The number of nitrogens with one attached hydrogen (secondary N) is 1. The van der Waals surface area contributed by atoms with Crippen LogP contribution in [0.4, 0.5) is 0 Å². The molecule has 0 aliphatic rings. The van der Waals surface area contributed by atoms with Crippen LogP contribution in [0.1, 0.15) is 10.4 Å². The Balaban J connectivity index is 0.000000292. The van der Waals surface area contributed by atoms with E-state index in [-0.39, 0.29) is 0 Å². The largest absolute Gasteiger partial charge is 0.298 e. The molecule has 56 valence electrons. The number of nitrogens with zero attached hydrogens (tertiary/aromatic N) is 2. The minimum Gasteiger partial charge on any atom is -0.298 e. The summed E-state index contributed by atoms with van der Waals surface area (Å²) in [5.41, 5.74) is 13.0. The van der Waals surface area contributed by atoms with E-state index in [1.54, 1.807) is 17.0 Å². The summed E-state index contributed by atoms with van der Waals surface area (Å²) in [7, 11) is 0. The van der Waals surface area contributed by atoms with Crippen molar-refractivity contribution in [2.75, 3.05) is 0 Å². The molecular formula is C7H7N3O. The van der Waals surface area contributed by atoms with Crippen molar-refractivity contribution in [3.05, 3.63) is 46.3 Å². The molecule has 0 fully saturated rings. The molecule has 4 nitrogen and oxygen atoms in total. The third-order valence-corrected chi connectivity index (χ3v) is 0.936. The van der Waals surface area contributed by atoms with Crippen molar-refractivity contribution >= 4 is 6.29 Å². The van der Waals surface area contributed by atoms with Crippen molar-refractivity contribution in [1.29, 1.82) is 5.53 Å². The van der Waals surface area contributed by atoms with Crippen LogP contribution in [0.5, 0.6) is 0 Å². The first-order valence-electron chi connectivity index (χ1n) is 2.86. The van der Waals surface area contributed by atoms with Crippen LogP contribution in [0.15, 0.2) is 30.3 Å². The molecule has 1 aromatic rings. The summed E-state index contributed by atoms with van der Waals surface area (Å²) in [5.74, 6) is 0. The topological polar surface area (TPSA) is 77.3 Å². The van der Waals surface area contributed by atoms with Gasteiger partial charge in [-0.3, -0.25) is 4.79 Å². The standard InChI is InChI=1S/C7H6O.HN3/c8-6-7-4-2-1-3-5-7;1-3-2/h1-6H;1H. The van der Waals surface area contributed by atoms with E-state index in [1.807, 2.05) is 18.2 Å². The van der Waals surface area contributed by atoms with Crippen molar-refractivity contribution in [3.8, 4) is 0 Å². The van der Waals surface area contributed by atoms with Crippen LogP contribution in [-0.2, 0) is 0 Å². The molecule has 11 heavy (non-hydrogen) atoms. The Morgan fingerprint density at radius 2 is 1.82 bits per heavy atom. The molecule has 0 saturated heterocycles. The van der Waals surface area contributed by atoms with Gasteiger partial charge in [0, 0.05) is 5.56 Å². The fourth-order valence-corrected chi connectivity index (χ4v) is 0.532. The van der Waals surface area contributed by atoms with Crippen LogP contribution in [0.2, 0.25) is 0 Å². The normalized spacial score (nSPS) is 6.91. The first-order chi connectivity index (χ1) is 5.35. The van der Waals surface area contributed by atoms with Crippen LogP contribution in [0, 0.1) is 5.53 Å². The Hall–Kier alpha value is -1.80. The Kier molecular flexibility index (Phi) is 5.29. The third kappa shape index (κ3) is 4.69.